The van der Waals surface area contributed by atoms with Crippen LogP contribution in [0, 0.1) is 12.7 Å². The zero-order valence-corrected chi connectivity index (χ0v) is 17.5. The van der Waals surface area contributed by atoms with Crippen molar-refractivity contribution in [2.24, 2.45) is 4.99 Å². The second kappa shape index (κ2) is 13.3. The van der Waals surface area contributed by atoms with Crippen molar-refractivity contribution in [3.8, 4) is 0 Å². The summed E-state index contributed by atoms with van der Waals surface area (Å²) < 4.78 is 13.4. The molecule has 8 heteroatoms. The van der Waals surface area contributed by atoms with Crippen LogP contribution in [0.2, 0.25) is 0 Å². The molecular weight excluding hydrogens is 442 g/mol. The Labute approximate surface area is 164 Å². The Bertz CT molecular complexity index is 543. The number of halogens is 2. The number of hydrogen-bond donors (Lipinski definition) is 3. The van der Waals surface area contributed by atoms with Gasteiger partial charge in [0.25, 0.3) is 5.91 Å². The summed E-state index contributed by atoms with van der Waals surface area (Å²) in [6, 6.07) is 4.48. The Morgan fingerprint density at radius 2 is 1.96 bits per heavy atom. The minimum absolute atomic E-state index is 0. The molecule has 0 atom stereocenters. The monoisotopic (exact) mass is 468 g/mol. The van der Waals surface area contributed by atoms with Crippen LogP contribution in [0.15, 0.2) is 23.2 Å². The van der Waals surface area contributed by atoms with Crippen LogP contribution in [0.3, 0.4) is 0 Å². The smallest absolute Gasteiger partial charge is 0.251 e. The van der Waals surface area contributed by atoms with Crippen LogP contribution in [0.25, 0.3) is 0 Å². The van der Waals surface area contributed by atoms with E-state index in [1.165, 1.54) is 6.07 Å². The van der Waals surface area contributed by atoms with E-state index in [9.17, 15) is 9.18 Å². The lowest BCUT2D eigenvalue weighted by Gasteiger charge is -2.12. The number of benzene rings is 1. The zero-order chi connectivity index (χ0) is 17.1. The van der Waals surface area contributed by atoms with Crippen molar-refractivity contribution < 1.29 is 9.18 Å². The van der Waals surface area contributed by atoms with E-state index in [1.807, 2.05) is 13.2 Å². The van der Waals surface area contributed by atoms with E-state index in [-0.39, 0.29) is 35.7 Å². The first-order valence-corrected chi connectivity index (χ1v) is 9.03. The molecule has 0 saturated carbocycles. The minimum Gasteiger partial charge on any atom is -0.357 e. The molecule has 136 valence electrons. The Morgan fingerprint density at radius 1 is 1.25 bits per heavy atom. The van der Waals surface area contributed by atoms with Gasteiger partial charge in [-0.1, -0.05) is 6.07 Å². The lowest BCUT2D eigenvalue weighted by Crippen LogP contribution is -2.41. The quantitative estimate of drug-likeness (QED) is 0.237. The number of nitrogens with one attached hydrogen (secondary N) is 3. The zero-order valence-electron chi connectivity index (χ0n) is 14.3. The number of carbonyl (C=O) groups excluding carboxylic acids is 1. The van der Waals surface area contributed by atoms with Crippen molar-refractivity contribution in [3.05, 3.63) is 35.1 Å². The molecular formula is C16H26FIN4OS. The van der Waals surface area contributed by atoms with Crippen LogP contribution in [0.5, 0.6) is 0 Å². The van der Waals surface area contributed by atoms with Crippen molar-refractivity contribution in [2.45, 2.75) is 13.8 Å². The molecule has 5 nitrogen and oxygen atoms in total. The van der Waals surface area contributed by atoms with Crippen LogP contribution in [0.1, 0.15) is 22.8 Å². The fourth-order valence-electron chi connectivity index (χ4n) is 1.78. The summed E-state index contributed by atoms with van der Waals surface area (Å²) >= 11 is 1.74. The number of guanidine groups is 1. The van der Waals surface area contributed by atoms with Gasteiger partial charge in [0.2, 0.25) is 0 Å². The highest BCUT2D eigenvalue weighted by Gasteiger charge is 2.07. The molecule has 24 heavy (non-hydrogen) atoms. The fourth-order valence-corrected chi connectivity index (χ4v) is 2.06. The van der Waals surface area contributed by atoms with E-state index >= 15 is 0 Å². The van der Waals surface area contributed by atoms with E-state index in [0.29, 0.717) is 24.2 Å². The Hall–Kier alpha value is -1.03. The number of amides is 1. The summed E-state index contributed by atoms with van der Waals surface area (Å²) in [7, 11) is 0. The van der Waals surface area contributed by atoms with Crippen LogP contribution in [-0.2, 0) is 0 Å². The number of rotatable bonds is 8. The van der Waals surface area contributed by atoms with Crippen LogP contribution < -0.4 is 16.0 Å². The molecule has 0 radical (unpaired) electrons. The molecule has 0 fully saturated rings. The number of aliphatic imine (C=N–C) groups is 1. The third-order valence-electron chi connectivity index (χ3n) is 3.05. The predicted octanol–water partition coefficient (Wildman–Crippen LogP) is 2.40. The second-order valence-corrected chi connectivity index (χ2v) is 5.89. The summed E-state index contributed by atoms with van der Waals surface area (Å²) in [6.45, 7) is 6.16. The highest BCUT2D eigenvalue weighted by atomic mass is 127. The number of aryl methyl sites for hydroxylation is 1. The summed E-state index contributed by atoms with van der Waals surface area (Å²) in [5.74, 6) is 1.05. The van der Waals surface area contributed by atoms with Gasteiger partial charge in [-0.2, -0.15) is 11.8 Å². The van der Waals surface area contributed by atoms with Crippen molar-refractivity contribution >= 4 is 47.6 Å². The summed E-state index contributed by atoms with van der Waals surface area (Å²) in [6.07, 6.45) is 2.04. The van der Waals surface area contributed by atoms with Gasteiger partial charge in [-0.05, 0) is 37.8 Å². The molecule has 1 rings (SSSR count). The van der Waals surface area contributed by atoms with Gasteiger partial charge in [0.1, 0.15) is 5.82 Å². The van der Waals surface area contributed by atoms with Crippen molar-refractivity contribution in [1.29, 1.82) is 0 Å². The summed E-state index contributed by atoms with van der Waals surface area (Å²) in [4.78, 5) is 16.3. The van der Waals surface area contributed by atoms with Gasteiger partial charge in [-0.25, -0.2) is 4.39 Å². The van der Waals surface area contributed by atoms with Crippen molar-refractivity contribution in [2.75, 3.05) is 38.2 Å². The van der Waals surface area contributed by atoms with Crippen LogP contribution >= 0.6 is 35.7 Å². The minimum atomic E-state index is -0.369. The molecule has 0 aliphatic carbocycles. The first-order valence-electron chi connectivity index (χ1n) is 7.64. The molecule has 0 saturated heterocycles. The van der Waals surface area contributed by atoms with Gasteiger partial charge in [0.15, 0.2) is 5.96 Å². The van der Waals surface area contributed by atoms with E-state index in [0.717, 1.165) is 24.8 Å². The lowest BCUT2D eigenvalue weighted by molar-refractivity contribution is 0.0954. The average molecular weight is 468 g/mol. The SMILES string of the molecule is CCNC(=NCCSC)NCCNC(=O)c1ccc(C)c(F)c1.I. The largest absolute Gasteiger partial charge is 0.357 e. The van der Waals surface area contributed by atoms with Gasteiger partial charge in [0, 0.05) is 31.0 Å². The van der Waals surface area contributed by atoms with E-state index in [4.69, 9.17) is 0 Å². The summed E-state index contributed by atoms with van der Waals surface area (Å²) in [5, 5.41) is 9.05. The molecule has 0 aliphatic heterocycles. The first-order chi connectivity index (χ1) is 11.1. The summed E-state index contributed by atoms with van der Waals surface area (Å²) in [5.41, 5.74) is 0.855. The molecule has 0 spiro atoms. The number of hydrogen-bond acceptors (Lipinski definition) is 3. The Morgan fingerprint density at radius 3 is 2.58 bits per heavy atom. The second-order valence-electron chi connectivity index (χ2n) is 4.90. The fraction of sp³-hybridized carbons (Fsp3) is 0.500. The molecule has 1 amide bonds. The van der Waals surface area contributed by atoms with Gasteiger partial charge in [-0.15, -0.1) is 24.0 Å². The maximum absolute atomic E-state index is 13.4. The van der Waals surface area contributed by atoms with Gasteiger partial charge >= 0.3 is 0 Å². The molecule has 1 aromatic rings. The van der Waals surface area contributed by atoms with Crippen LogP contribution in [-0.4, -0.2) is 50.1 Å². The third kappa shape index (κ3) is 8.72. The lowest BCUT2D eigenvalue weighted by atomic mass is 10.1. The number of carbonyl (C=O) groups is 1. The molecule has 0 heterocycles. The number of thioether (sulfide) groups is 1. The molecule has 3 N–H and O–H groups in total. The normalized spacial score (nSPS) is 10.8. The highest BCUT2D eigenvalue weighted by molar-refractivity contribution is 14.0. The van der Waals surface area contributed by atoms with Crippen LogP contribution in [0.4, 0.5) is 4.39 Å². The van der Waals surface area contributed by atoms with E-state index < -0.39 is 0 Å². The Kier molecular flexibility index (Phi) is 12.7. The molecule has 1 aromatic carbocycles. The average Bonchev–Trinajstić information content (AvgIpc) is 2.54. The van der Waals surface area contributed by atoms with Crippen molar-refractivity contribution in [3.63, 3.8) is 0 Å². The maximum atomic E-state index is 13.4. The topological polar surface area (TPSA) is 65.5 Å². The third-order valence-corrected chi connectivity index (χ3v) is 3.64. The Balaban J connectivity index is 0.00000529. The standard InChI is InChI=1S/C16H25FN4OS.HI/c1-4-18-16(21-9-10-23-3)20-8-7-19-15(22)13-6-5-12(2)14(17)11-13;/h5-6,11H,4,7-10H2,1-3H3,(H,19,22)(H2,18,20,21);1H. The maximum Gasteiger partial charge on any atom is 0.251 e. The molecule has 0 bridgehead atoms. The predicted molar refractivity (Wildman–Crippen MR) is 111 cm³/mol. The molecule has 0 aromatic heterocycles. The van der Waals surface area contributed by atoms with Gasteiger partial charge in [-0.3, -0.25) is 9.79 Å². The first kappa shape index (κ1) is 23.0. The van der Waals surface area contributed by atoms with E-state index in [1.54, 1.807) is 30.8 Å². The van der Waals surface area contributed by atoms with Gasteiger partial charge in [0.05, 0.1) is 6.54 Å². The van der Waals surface area contributed by atoms with Crippen molar-refractivity contribution in [1.82, 2.24) is 16.0 Å². The van der Waals surface area contributed by atoms with E-state index in [2.05, 4.69) is 20.9 Å². The van der Waals surface area contributed by atoms with Gasteiger partial charge < -0.3 is 16.0 Å². The number of nitrogens with zero attached hydrogens (tertiary/aromatic N) is 1. The molecule has 0 unspecified atom stereocenters. The molecule has 0 aliphatic rings. The highest BCUT2D eigenvalue weighted by Crippen LogP contribution is 2.08.